The second-order valence-electron chi connectivity index (χ2n) is 6.03. The molecule has 0 aliphatic carbocycles. The van der Waals surface area contributed by atoms with Crippen LogP contribution in [-0.2, 0) is 0 Å². The van der Waals surface area contributed by atoms with Crippen molar-refractivity contribution in [2.75, 3.05) is 18.6 Å². The average molecular weight is 321 g/mol. The van der Waals surface area contributed by atoms with E-state index >= 15 is 0 Å². The van der Waals surface area contributed by atoms with Gasteiger partial charge < -0.3 is 9.64 Å². The van der Waals surface area contributed by atoms with Crippen molar-refractivity contribution in [3.05, 3.63) is 64.4 Å². The number of benzene rings is 2. The first-order chi connectivity index (χ1) is 11.8. The van der Waals surface area contributed by atoms with Gasteiger partial charge in [0.05, 0.1) is 24.1 Å². The maximum Gasteiger partial charge on any atom is 0.260 e. The minimum absolute atomic E-state index is 0.0908. The standard InChI is InChI=1S/C19H19N3O2/c1-24-14-7-4-6-13(12-14)17-10-5-11-22(17)19-20-16-9-3-2-8-15(16)18(23)21-19/h2-4,6-9,12,17H,5,10-11H2,1H3,(H,20,21,23)/t17-/m0/s1. The van der Waals surface area contributed by atoms with Gasteiger partial charge in [-0.2, -0.15) is 0 Å². The second kappa shape index (κ2) is 6.00. The molecule has 1 aliphatic rings. The fourth-order valence-electron chi connectivity index (χ4n) is 3.43. The van der Waals surface area contributed by atoms with Gasteiger partial charge in [0, 0.05) is 6.54 Å². The summed E-state index contributed by atoms with van der Waals surface area (Å²) in [7, 11) is 1.67. The van der Waals surface area contributed by atoms with Crippen LogP contribution < -0.4 is 15.2 Å². The van der Waals surface area contributed by atoms with Crippen LogP contribution in [0.3, 0.4) is 0 Å². The van der Waals surface area contributed by atoms with E-state index in [0.717, 1.165) is 30.7 Å². The summed E-state index contributed by atoms with van der Waals surface area (Å²) in [5.41, 5.74) is 1.82. The summed E-state index contributed by atoms with van der Waals surface area (Å²) in [4.78, 5) is 22.2. The van der Waals surface area contributed by atoms with E-state index < -0.39 is 0 Å². The van der Waals surface area contributed by atoms with Crippen LogP contribution in [0.25, 0.3) is 10.9 Å². The lowest BCUT2D eigenvalue weighted by molar-refractivity contribution is 0.414. The molecule has 122 valence electrons. The molecule has 4 rings (SSSR count). The summed E-state index contributed by atoms with van der Waals surface area (Å²) < 4.78 is 5.34. The Bertz CT molecular complexity index is 935. The van der Waals surface area contributed by atoms with Gasteiger partial charge in [-0.25, -0.2) is 4.98 Å². The van der Waals surface area contributed by atoms with Crippen molar-refractivity contribution in [3.63, 3.8) is 0 Å². The molecule has 0 unspecified atom stereocenters. The summed E-state index contributed by atoms with van der Waals surface area (Å²) in [5, 5.41) is 0.623. The molecule has 1 fully saturated rings. The lowest BCUT2D eigenvalue weighted by atomic mass is 10.0. The zero-order valence-electron chi connectivity index (χ0n) is 13.5. The summed E-state index contributed by atoms with van der Waals surface area (Å²) in [6.07, 6.45) is 2.10. The van der Waals surface area contributed by atoms with Gasteiger partial charge in [0.1, 0.15) is 5.75 Å². The van der Waals surface area contributed by atoms with E-state index in [1.807, 2.05) is 30.3 Å². The number of fused-ring (bicyclic) bond motifs is 1. The highest BCUT2D eigenvalue weighted by Gasteiger charge is 2.28. The zero-order valence-corrected chi connectivity index (χ0v) is 13.5. The van der Waals surface area contributed by atoms with Gasteiger partial charge in [0.15, 0.2) is 0 Å². The van der Waals surface area contributed by atoms with Crippen LogP contribution in [-0.4, -0.2) is 23.6 Å². The summed E-state index contributed by atoms with van der Waals surface area (Å²) in [5.74, 6) is 1.49. The smallest absolute Gasteiger partial charge is 0.260 e. The SMILES string of the molecule is COc1cccc([C@@H]2CCCN2c2nc3ccccc3c(=O)[nH]2)c1. The molecular formula is C19H19N3O2. The third-order valence-corrected chi connectivity index (χ3v) is 4.60. The van der Waals surface area contributed by atoms with Crippen LogP contribution in [0.4, 0.5) is 5.95 Å². The quantitative estimate of drug-likeness (QED) is 0.804. The van der Waals surface area contributed by atoms with E-state index in [1.165, 1.54) is 5.56 Å². The third kappa shape index (κ3) is 2.52. The third-order valence-electron chi connectivity index (χ3n) is 4.60. The number of para-hydroxylation sites is 1. The second-order valence-corrected chi connectivity index (χ2v) is 6.03. The summed E-state index contributed by atoms with van der Waals surface area (Å²) in [6, 6.07) is 15.7. The molecule has 1 N–H and O–H groups in total. The molecule has 24 heavy (non-hydrogen) atoms. The van der Waals surface area contributed by atoms with Crippen LogP contribution in [0.1, 0.15) is 24.4 Å². The normalized spacial score (nSPS) is 17.4. The molecule has 3 aromatic rings. The maximum atomic E-state index is 12.4. The first-order valence-corrected chi connectivity index (χ1v) is 8.16. The molecule has 1 atom stereocenters. The van der Waals surface area contributed by atoms with Crippen molar-refractivity contribution in [1.29, 1.82) is 0 Å². The number of aromatic amines is 1. The minimum atomic E-state index is -0.0908. The first-order valence-electron chi connectivity index (χ1n) is 8.16. The summed E-state index contributed by atoms with van der Waals surface area (Å²) >= 11 is 0. The lowest BCUT2D eigenvalue weighted by Crippen LogP contribution is -2.27. The number of nitrogens with zero attached hydrogens (tertiary/aromatic N) is 2. The number of H-pyrrole nitrogens is 1. The Balaban J connectivity index is 1.76. The van der Waals surface area contributed by atoms with Crippen molar-refractivity contribution in [2.45, 2.75) is 18.9 Å². The van der Waals surface area contributed by atoms with E-state index in [4.69, 9.17) is 4.74 Å². The molecule has 1 saturated heterocycles. The zero-order chi connectivity index (χ0) is 16.5. The molecule has 0 saturated carbocycles. The van der Waals surface area contributed by atoms with Gasteiger partial charge in [0.2, 0.25) is 5.95 Å². The topological polar surface area (TPSA) is 58.2 Å². The fourth-order valence-corrected chi connectivity index (χ4v) is 3.43. The monoisotopic (exact) mass is 321 g/mol. The minimum Gasteiger partial charge on any atom is -0.497 e. The van der Waals surface area contributed by atoms with Crippen LogP contribution in [0.2, 0.25) is 0 Å². The molecule has 2 aromatic carbocycles. The predicted octanol–water partition coefficient (Wildman–Crippen LogP) is 3.27. The van der Waals surface area contributed by atoms with Crippen molar-refractivity contribution in [1.82, 2.24) is 9.97 Å². The fraction of sp³-hybridized carbons (Fsp3) is 0.263. The van der Waals surface area contributed by atoms with Gasteiger partial charge in [-0.05, 0) is 42.7 Å². The number of anilines is 1. The average Bonchev–Trinajstić information content (AvgIpc) is 3.11. The molecule has 1 aliphatic heterocycles. The lowest BCUT2D eigenvalue weighted by Gasteiger charge is -2.26. The van der Waals surface area contributed by atoms with E-state index in [9.17, 15) is 4.79 Å². The molecule has 0 amide bonds. The molecule has 0 bridgehead atoms. The number of aromatic nitrogens is 2. The first kappa shape index (κ1) is 14.8. The largest absolute Gasteiger partial charge is 0.497 e. The van der Waals surface area contributed by atoms with Gasteiger partial charge in [0.25, 0.3) is 5.56 Å². The van der Waals surface area contributed by atoms with Gasteiger partial charge in [-0.15, -0.1) is 0 Å². The highest BCUT2D eigenvalue weighted by Crippen LogP contribution is 2.35. The van der Waals surface area contributed by atoms with Crippen LogP contribution >= 0.6 is 0 Å². The van der Waals surface area contributed by atoms with Crippen LogP contribution in [0.15, 0.2) is 53.3 Å². The van der Waals surface area contributed by atoms with Crippen LogP contribution in [0, 0.1) is 0 Å². The highest BCUT2D eigenvalue weighted by molar-refractivity contribution is 5.78. The Morgan fingerprint density at radius 1 is 1.21 bits per heavy atom. The molecule has 0 spiro atoms. The number of methoxy groups -OCH3 is 1. The summed E-state index contributed by atoms with van der Waals surface area (Å²) in [6.45, 7) is 0.878. The Hall–Kier alpha value is -2.82. The number of ether oxygens (including phenoxy) is 1. The molecule has 1 aromatic heterocycles. The molecule has 2 heterocycles. The number of nitrogens with one attached hydrogen (secondary N) is 1. The van der Waals surface area contributed by atoms with Crippen molar-refractivity contribution in [2.24, 2.45) is 0 Å². The van der Waals surface area contributed by atoms with Gasteiger partial charge in [-0.3, -0.25) is 9.78 Å². The molecular weight excluding hydrogens is 302 g/mol. The maximum absolute atomic E-state index is 12.4. The van der Waals surface area contributed by atoms with Crippen molar-refractivity contribution >= 4 is 16.9 Å². The molecule has 5 nitrogen and oxygen atoms in total. The van der Waals surface area contributed by atoms with Crippen molar-refractivity contribution in [3.8, 4) is 5.75 Å². The van der Waals surface area contributed by atoms with Gasteiger partial charge in [-0.1, -0.05) is 24.3 Å². The Kier molecular flexibility index (Phi) is 3.69. The number of rotatable bonds is 3. The van der Waals surface area contributed by atoms with E-state index in [1.54, 1.807) is 13.2 Å². The van der Waals surface area contributed by atoms with E-state index in [0.29, 0.717) is 11.3 Å². The molecule has 0 radical (unpaired) electrons. The Morgan fingerprint density at radius 2 is 2.08 bits per heavy atom. The van der Waals surface area contributed by atoms with E-state index in [2.05, 4.69) is 27.0 Å². The number of hydrogen-bond donors (Lipinski definition) is 1. The predicted molar refractivity (Wildman–Crippen MR) is 94.7 cm³/mol. The highest BCUT2D eigenvalue weighted by atomic mass is 16.5. The van der Waals surface area contributed by atoms with Crippen molar-refractivity contribution < 1.29 is 4.74 Å². The molecule has 5 heteroatoms. The van der Waals surface area contributed by atoms with E-state index in [-0.39, 0.29) is 11.6 Å². The Morgan fingerprint density at radius 3 is 2.96 bits per heavy atom. The Labute approximate surface area is 139 Å². The number of hydrogen-bond acceptors (Lipinski definition) is 4. The van der Waals surface area contributed by atoms with Crippen LogP contribution in [0.5, 0.6) is 5.75 Å². The van der Waals surface area contributed by atoms with Gasteiger partial charge >= 0.3 is 0 Å².